The Morgan fingerprint density at radius 2 is 1.73 bits per heavy atom. The van der Waals surface area contributed by atoms with Gasteiger partial charge in [0.05, 0.1) is 11.1 Å². The van der Waals surface area contributed by atoms with Gasteiger partial charge in [-0.15, -0.1) is 0 Å². The molecule has 1 N–H and O–H groups in total. The molecule has 3 rings (SSSR count). The van der Waals surface area contributed by atoms with Gasteiger partial charge in [-0.3, -0.25) is 4.98 Å². The smallest absolute Gasteiger partial charge is 0.387 e. The number of hydrogen-bond acceptors (Lipinski definition) is 2. The van der Waals surface area contributed by atoms with Crippen LogP contribution < -0.4 is 5.32 Å². The highest BCUT2D eigenvalue weighted by molar-refractivity contribution is 5.85. The van der Waals surface area contributed by atoms with Crippen LogP contribution in [-0.4, -0.2) is 4.98 Å². The summed E-state index contributed by atoms with van der Waals surface area (Å²) in [6.07, 6.45) is 1.78. The molecule has 0 fully saturated rings. The number of nitrogens with zero attached hydrogens (tertiary/aromatic N) is 1. The lowest BCUT2D eigenvalue weighted by Gasteiger charge is -2.12. The first-order valence-corrected chi connectivity index (χ1v) is 8.35. The summed E-state index contributed by atoms with van der Waals surface area (Å²) in [6.45, 7) is 2.63. The van der Waals surface area contributed by atoms with Gasteiger partial charge in [-0.25, -0.2) is 0 Å². The van der Waals surface area contributed by atoms with E-state index in [-0.39, 0.29) is 0 Å². The Hall–Kier alpha value is -2.82. The highest BCUT2D eigenvalue weighted by Gasteiger charge is 2.29. The number of hydrogen-bond donors (Lipinski definition) is 1. The monoisotopic (exact) mass is 356 g/mol. The van der Waals surface area contributed by atoms with Gasteiger partial charge in [-0.1, -0.05) is 36.4 Å². The van der Waals surface area contributed by atoms with Gasteiger partial charge in [0.25, 0.3) is 0 Å². The van der Waals surface area contributed by atoms with Crippen LogP contribution in [0.4, 0.5) is 13.2 Å². The summed E-state index contributed by atoms with van der Waals surface area (Å²) in [5, 5.41) is 4.27. The van der Waals surface area contributed by atoms with Gasteiger partial charge >= 0.3 is 6.18 Å². The zero-order chi connectivity index (χ0) is 18.6. The van der Waals surface area contributed by atoms with Crippen LogP contribution in [0.1, 0.15) is 29.2 Å². The average molecular weight is 356 g/mol. The predicted molar refractivity (Wildman–Crippen MR) is 97.6 cm³/mol. The number of rotatable bonds is 5. The van der Waals surface area contributed by atoms with E-state index in [2.05, 4.69) is 10.3 Å². The number of nitrogens with one attached hydrogen (secondary N) is 1. The summed E-state index contributed by atoms with van der Waals surface area (Å²) in [4.78, 5) is 4.50. The zero-order valence-electron chi connectivity index (χ0n) is 14.3. The lowest BCUT2D eigenvalue weighted by molar-refractivity contribution is -0.137. The molecule has 0 spiro atoms. The lowest BCUT2D eigenvalue weighted by Crippen LogP contribution is -2.06. The Morgan fingerprint density at radius 1 is 1.00 bits per heavy atom. The van der Waals surface area contributed by atoms with Gasteiger partial charge in [-0.05, 0) is 54.4 Å². The molecule has 0 aliphatic carbocycles. The maximum Gasteiger partial charge on any atom is 0.416 e. The van der Waals surface area contributed by atoms with E-state index in [0.717, 1.165) is 39.7 Å². The number of fused-ring (bicyclic) bond motifs is 1. The first kappa shape index (κ1) is 18.0. The number of benzene rings is 2. The van der Waals surface area contributed by atoms with E-state index in [1.165, 1.54) is 12.1 Å². The second-order valence-corrected chi connectivity index (χ2v) is 6.04. The predicted octanol–water partition coefficient (Wildman–Crippen LogP) is 5.47. The van der Waals surface area contributed by atoms with Crippen LogP contribution >= 0.6 is 0 Å². The zero-order valence-corrected chi connectivity index (χ0v) is 14.3. The molecule has 0 saturated carbocycles. The molecule has 5 heteroatoms. The minimum atomic E-state index is -4.31. The molecule has 2 aromatic carbocycles. The van der Waals surface area contributed by atoms with E-state index >= 15 is 0 Å². The number of allylic oxidation sites excluding steroid dienone is 1. The summed E-state index contributed by atoms with van der Waals surface area (Å²) in [5.41, 5.74) is 3.20. The summed E-state index contributed by atoms with van der Waals surface area (Å²) < 4.78 is 38.1. The molecule has 0 atom stereocenters. The third kappa shape index (κ3) is 4.04. The normalized spacial score (nSPS) is 12.0. The van der Waals surface area contributed by atoms with E-state index in [9.17, 15) is 13.2 Å². The fraction of sp³-hybridized carbons (Fsp3) is 0.190. The molecule has 0 amide bonds. The van der Waals surface area contributed by atoms with Crippen molar-refractivity contribution in [2.75, 3.05) is 0 Å². The molecule has 2 nitrogen and oxygen atoms in total. The van der Waals surface area contributed by atoms with E-state index in [1.807, 2.05) is 43.5 Å². The quantitative estimate of drug-likeness (QED) is 0.656. The molecule has 3 aromatic rings. The number of alkyl halides is 3. The highest BCUT2D eigenvalue weighted by Crippen LogP contribution is 2.30. The maximum absolute atomic E-state index is 12.7. The highest BCUT2D eigenvalue weighted by atomic mass is 19.4. The van der Waals surface area contributed by atoms with Crippen LogP contribution in [0.3, 0.4) is 0 Å². The van der Waals surface area contributed by atoms with Gasteiger partial charge in [0.2, 0.25) is 0 Å². The molecule has 0 unspecified atom stereocenters. The molecular formula is C21H19F3N2. The second kappa shape index (κ2) is 7.60. The minimum Gasteiger partial charge on any atom is -0.387 e. The molecule has 134 valence electrons. The van der Waals surface area contributed by atoms with E-state index in [0.29, 0.717) is 13.0 Å². The van der Waals surface area contributed by atoms with Crippen LogP contribution in [0.5, 0.6) is 0 Å². The van der Waals surface area contributed by atoms with Crippen LogP contribution in [0.2, 0.25) is 0 Å². The standard InChI is InChI=1S/C21H19F3N2/c1-2-11-25-14-17-8-7-16(20-19(17)4-3-12-26-20)13-15-5-9-18(10-6-15)21(22,23)24/h2-12,25H,13-14H2,1H3. The third-order valence-corrected chi connectivity index (χ3v) is 4.20. The number of aromatic nitrogens is 1. The fourth-order valence-electron chi connectivity index (χ4n) is 2.91. The molecule has 0 aliphatic rings. The van der Waals surface area contributed by atoms with Crippen molar-refractivity contribution in [2.24, 2.45) is 0 Å². The van der Waals surface area contributed by atoms with Crippen LogP contribution in [0, 0.1) is 0 Å². The van der Waals surface area contributed by atoms with Crippen LogP contribution in [-0.2, 0) is 19.1 Å². The molecule has 1 aromatic heterocycles. The molecule has 1 heterocycles. The summed E-state index contributed by atoms with van der Waals surface area (Å²) in [5.74, 6) is 0. The molecule has 26 heavy (non-hydrogen) atoms. The summed E-state index contributed by atoms with van der Waals surface area (Å²) in [7, 11) is 0. The van der Waals surface area contributed by atoms with Gasteiger partial charge in [-0.2, -0.15) is 13.2 Å². The van der Waals surface area contributed by atoms with Crippen molar-refractivity contribution in [1.82, 2.24) is 10.3 Å². The van der Waals surface area contributed by atoms with Crippen molar-refractivity contribution in [2.45, 2.75) is 26.1 Å². The summed E-state index contributed by atoms with van der Waals surface area (Å²) in [6, 6.07) is 13.3. The SMILES string of the molecule is CC=CNCc1ccc(Cc2ccc(C(F)(F)F)cc2)c2ncccc12. The molecule has 0 saturated heterocycles. The Balaban J connectivity index is 1.90. The fourth-order valence-corrected chi connectivity index (χ4v) is 2.91. The Labute approximate surface area is 150 Å². The molecule has 0 aliphatic heterocycles. The van der Waals surface area contributed by atoms with Crippen molar-refractivity contribution in [1.29, 1.82) is 0 Å². The second-order valence-electron chi connectivity index (χ2n) is 6.04. The maximum atomic E-state index is 12.7. The van der Waals surface area contributed by atoms with Crippen molar-refractivity contribution in [3.63, 3.8) is 0 Å². The largest absolute Gasteiger partial charge is 0.416 e. The van der Waals surface area contributed by atoms with Gasteiger partial charge in [0.1, 0.15) is 0 Å². The van der Waals surface area contributed by atoms with Crippen molar-refractivity contribution < 1.29 is 13.2 Å². The first-order chi connectivity index (χ1) is 12.5. The minimum absolute atomic E-state index is 0.536. The third-order valence-electron chi connectivity index (χ3n) is 4.20. The number of pyridine rings is 1. The Bertz CT molecular complexity index is 913. The topological polar surface area (TPSA) is 24.9 Å². The van der Waals surface area contributed by atoms with Crippen LogP contribution in [0.25, 0.3) is 10.9 Å². The van der Waals surface area contributed by atoms with Gasteiger partial charge in [0, 0.05) is 18.1 Å². The Kier molecular flexibility index (Phi) is 5.26. The van der Waals surface area contributed by atoms with Crippen molar-refractivity contribution >= 4 is 10.9 Å². The van der Waals surface area contributed by atoms with Crippen molar-refractivity contribution in [3.05, 3.63) is 89.3 Å². The molecule has 0 bridgehead atoms. The summed E-state index contributed by atoms with van der Waals surface area (Å²) >= 11 is 0. The first-order valence-electron chi connectivity index (χ1n) is 8.35. The van der Waals surface area contributed by atoms with E-state index < -0.39 is 11.7 Å². The number of halogens is 3. The molecular weight excluding hydrogens is 337 g/mol. The lowest BCUT2D eigenvalue weighted by atomic mass is 9.98. The van der Waals surface area contributed by atoms with Gasteiger partial charge in [0.15, 0.2) is 0 Å². The van der Waals surface area contributed by atoms with Crippen LogP contribution in [0.15, 0.2) is 67.0 Å². The van der Waals surface area contributed by atoms with E-state index in [4.69, 9.17) is 0 Å². The Morgan fingerprint density at radius 3 is 2.42 bits per heavy atom. The average Bonchev–Trinajstić information content (AvgIpc) is 2.63. The van der Waals surface area contributed by atoms with Crippen molar-refractivity contribution in [3.8, 4) is 0 Å². The van der Waals surface area contributed by atoms with E-state index in [1.54, 1.807) is 6.20 Å². The van der Waals surface area contributed by atoms with Gasteiger partial charge < -0.3 is 5.32 Å². The molecule has 0 radical (unpaired) electrons.